The van der Waals surface area contributed by atoms with Crippen LogP contribution in [0, 0.1) is 0 Å². The number of nitrogens with zero attached hydrogens (tertiary/aromatic N) is 1. The molecular weight excluding hydrogens is 276 g/mol. The lowest BCUT2D eigenvalue weighted by molar-refractivity contribution is 0.109. The van der Waals surface area contributed by atoms with E-state index in [0.29, 0.717) is 6.61 Å². The minimum atomic E-state index is -0.0188. The van der Waals surface area contributed by atoms with Gasteiger partial charge < -0.3 is 15.2 Å². The van der Waals surface area contributed by atoms with Crippen LogP contribution >= 0.6 is 0 Å². The van der Waals surface area contributed by atoms with Gasteiger partial charge in [-0.1, -0.05) is 30.3 Å². The van der Waals surface area contributed by atoms with Crippen LogP contribution in [0.2, 0.25) is 0 Å². The van der Waals surface area contributed by atoms with Crippen molar-refractivity contribution >= 4 is 10.8 Å². The molecule has 1 aliphatic heterocycles. The van der Waals surface area contributed by atoms with Crippen molar-refractivity contribution in [1.82, 2.24) is 10.2 Å². The van der Waals surface area contributed by atoms with Gasteiger partial charge in [0.15, 0.2) is 0 Å². The fourth-order valence-corrected chi connectivity index (χ4v) is 3.28. The smallest absolute Gasteiger partial charge is 0.124 e. The number of rotatable bonds is 5. The Hall–Kier alpha value is -1.62. The zero-order chi connectivity index (χ0) is 15.4. The molecule has 0 radical (unpaired) electrons. The van der Waals surface area contributed by atoms with Gasteiger partial charge in [-0.25, -0.2) is 0 Å². The van der Waals surface area contributed by atoms with Gasteiger partial charge in [-0.3, -0.25) is 4.90 Å². The van der Waals surface area contributed by atoms with Crippen molar-refractivity contribution in [2.24, 2.45) is 0 Å². The number of hydrogen-bond acceptors (Lipinski definition) is 4. The summed E-state index contributed by atoms with van der Waals surface area (Å²) in [5.74, 6) is 0.888. The van der Waals surface area contributed by atoms with E-state index in [1.807, 2.05) is 25.1 Å². The third-order valence-corrected chi connectivity index (χ3v) is 4.33. The van der Waals surface area contributed by atoms with Gasteiger partial charge in [0, 0.05) is 31.7 Å². The monoisotopic (exact) mass is 300 g/mol. The molecule has 0 bridgehead atoms. The molecule has 3 rings (SSSR count). The normalized spacial score (nSPS) is 17.5. The van der Waals surface area contributed by atoms with Crippen LogP contribution in [0.15, 0.2) is 36.4 Å². The molecule has 1 heterocycles. The summed E-state index contributed by atoms with van der Waals surface area (Å²) in [6, 6.07) is 12.4. The Kier molecular flexibility index (Phi) is 4.93. The molecule has 1 saturated heterocycles. The maximum atomic E-state index is 10.1. The second-order valence-corrected chi connectivity index (χ2v) is 5.62. The van der Waals surface area contributed by atoms with Crippen molar-refractivity contribution in [3.63, 3.8) is 0 Å². The fourth-order valence-electron chi connectivity index (χ4n) is 3.28. The van der Waals surface area contributed by atoms with Crippen LogP contribution in [-0.4, -0.2) is 49.4 Å². The van der Waals surface area contributed by atoms with Crippen LogP contribution in [-0.2, 0) is 0 Å². The second-order valence-electron chi connectivity index (χ2n) is 5.62. The summed E-state index contributed by atoms with van der Waals surface area (Å²) < 4.78 is 5.87. The number of aliphatic hydroxyl groups excluding tert-OH is 1. The highest BCUT2D eigenvalue weighted by Crippen LogP contribution is 2.36. The average Bonchev–Trinajstić information content (AvgIpc) is 2.58. The van der Waals surface area contributed by atoms with Crippen LogP contribution in [0.25, 0.3) is 10.8 Å². The minimum absolute atomic E-state index is 0.0188. The molecule has 1 atom stereocenters. The van der Waals surface area contributed by atoms with E-state index >= 15 is 0 Å². The van der Waals surface area contributed by atoms with E-state index in [1.54, 1.807) is 0 Å². The summed E-state index contributed by atoms with van der Waals surface area (Å²) in [4.78, 5) is 2.35. The maximum Gasteiger partial charge on any atom is 0.124 e. The quantitative estimate of drug-likeness (QED) is 0.888. The van der Waals surface area contributed by atoms with Gasteiger partial charge in [0.1, 0.15) is 5.75 Å². The van der Waals surface area contributed by atoms with Crippen molar-refractivity contribution in [2.75, 3.05) is 39.4 Å². The van der Waals surface area contributed by atoms with Crippen molar-refractivity contribution in [1.29, 1.82) is 0 Å². The van der Waals surface area contributed by atoms with E-state index in [1.165, 1.54) is 10.8 Å². The topological polar surface area (TPSA) is 44.7 Å². The molecule has 0 aliphatic carbocycles. The maximum absolute atomic E-state index is 10.1. The third-order valence-electron chi connectivity index (χ3n) is 4.33. The Morgan fingerprint density at radius 2 is 1.95 bits per heavy atom. The molecule has 0 aromatic heterocycles. The Balaban J connectivity index is 2.09. The van der Waals surface area contributed by atoms with Gasteiger partial charge in [0.05, 0.1) is 19.3 Å². The average molecular weight is 300 g/mol. The summed E-state index contributed by atoms with van der Waals surface area (Å²) in [5, 5.41) is 15.8. The van der Waals surface area contributed by atoms with Gasteiger partial charge in [-0.05, 0) is 23.8 Å². The van der Waals surface area contributed by atoms with Gasteiger partial charge in [-0.2, -0.15) is 0 Å². The van der Waals surface area contributed by atoms with Crippen LogP contribution in [0.3, 0.4) is 0 Å². The summed E-state index contributed by atoms with van der Waals surface area (Å²) in [6.07, 6.45) is 0. The number of benzene rings is 2. The summed E-state index contributed by atoms with van der Waals surface area (Å²) in [5.41, 5.74) is 1.12. The van der Waals surface area contributed by atoms with Gasteiger partial charge in [0.25, 0.3) is 0 Å². The van der Waals surface area contributed by atoms with E-state index in [4.69, 9.17) is 4.74 Å². The summed E-state index contributed by atoms with van der Waals surface area (Å²) in [7, 11) is 0. The van der Waals surface area contributed by atoms with Gasteiger partial charge >= 0.3 is 0 Å². The number of fused-ring (bicyclic) bond motifs is 1. The lowest BCUT2D eigenvalue weighted by Gasteiger charge is -2.35. The predicted molar refractivity (Wildman–Crippen MR) is 89.4 cm³/mol. The Morgan fingerprint density at radius 3 is 2.68 bits per heavy atom. The molecule has 4 nitrogen and oxygen atoms in total. The first-order chi connectivity index (χ1) is 10.8. The molecule has 2 aromatic rings. The Labute approximate surface area is 131 Å². The van der Waals surface area contributed by atoms with Gasteiger partial charge in [0.2, 0.25) is 0 Å². The highest BCUT2D eigenvalue weighted by molar-refractivity contribution is 5.88. The van der Waals surface area contributed by atoms with Crippen LogP contribution in [0.1, 0.15) is 18.5 Å². The molecule has 0 saturated carbocycles. The molecule has 2 aromatic carbocycles. The molecule has 0 unspecified atom stereocenters. The van der Waals surface area contributed by atoms with E-state index < -0.39 is 0 Å². The molecule has 118 valence electrons. The number of ether oxygens (including phenoxy) is 1. The lowest BCUT2D eigenvalue weighted by atomic mass is 9.96. The molecule has 0 spiro atoms. The zero-order valence-electron chi connectivity index (χ0n) is 13.1. The molecule has 1 aliphatic rings. The second kappa shape index (κ2) is 7.09. The van der Waals surface area contributed by atoms with Gasteiger partial charge in [-0.15, -0.1) is 0 Å². The first kappa shape index (κ1) is 15.3. The largest absolute Gasteiger partial charge is 0.494 e. The predicted octanol–water partition coefficient (Wildman–Crippen LogP) is 2.18. The standard InChI is InChI=1S/C18H24N2O2/c1-2-22-17-8-7-14-5-3-4-6-15(14)18(17)16(13-21)20-11-9-19-10-12-20/h3-8,16,19,21H,2,9-13H2,1H3/t16-/m1/s1. The van der Waals surface area contributed by atoms with Crippen molar-refractivity contribution < 1.29 is 9.84 Å². The highest BCUT2D eigenvalue weighted by atomic mass is 16.5. The minimum Gasteiger partial charge on any atom is -0.494 e. The van der Waals surface area contributed by atoms with Crippen molar-refractivity contribution in [2.45, 2.75) is 13.0 Å². The van der Waals surface area contributed by atoms with E-state index in [9.17, 15) is 5.11 Å². The molecule has 0 amide bonds. The fraction of sp³-hybridized carbons (Fsp3) is 0.444. The van der Waals surface area contributed by atoms with E-state index in [2.05, 4.69) is 28.4 Å². The number of piperazine rings is 1. The Morgan fingerprint density at radius 1 is 1.18 bits per heavy atom. The Bertz CT molecular complexity index is 624. The van der Waals surface area contributed by atoms with E-state index in [0.717, 1.165) is 37.5 Å². The molecule has 1 fully saturated rings. The highest BCUT2D eigenvalue weighted by Gasteiger charge is 2.26. The third kappa shape index (κ3) is 2.95. The summed E-state index contributed by atoms with van der Waals surface area (Å²) >= 11 is 0. The van der Waals surface area contributed by atoms with Crippen LogP contribution in [0.4, 0.5) is 0 Å². The molecule has 2 N–H and O–H groups in total. The molecular formula is C18H24N2O2. The van der Waals surface area contributed by atoms with Crippen LogP contribution in [0.5, 0.6) is 5.75 Å². The number of aliphatic hydroxyl groups is 1. The zero-order valence-corrected chi connectivity index (χ0v) is 13.1. The molecule has 4 heteroatoms. The number of nitrogens with one attached hydrogen (secondary N) is 1. The first-order valence-corrected chi connectivity index (χ1v) is 8.05. The van der Waals surface area contributed by atoms with Crippen molar-refractivity contribution in [3.8, 4) is 5.75 Å². The first-order valence-electron chi connectivity index (χ1n) is 8.05. The van der Waals surface area contributed by atoms with Crippen molar-refractivity contribution in [3.05, 3.63) is 42.0 Å². The lowest BCUT2D eigenvalue weighted by Crippen LogP contribution is -2.46. The van der Waals surface area contributed by atoms with E-state index in [-0.39, 0.29) is 12.6 Å². The molecule has 22 heavy (non-hydrogen) atoms. The van der Waals surface area contributed by atoms with Crippen LogP contribution < -0.4 is 10.1 Å². The number of hydrogen-bond donors (Lipinski definition) is 2. The SMILES string of the molecule is CCOc1ccc2ccccc2c1[C@@H](CO)N1CCNCC1. The summed E-state index contributed by atoms with van der Waals surface area (Å²) in [6.45, 7) is 6.55.